The number of aromatic nitrogens is 1. The maximum Gasteiger partial charge on any atom is 0.344 e. The van der Waals surface area contributed by atoms with Crippen molar-refractivity contribution in [3.63, 3.8) is 0 Å². The summed E-state index contributed by atoms with van der Waals surface area (Å²) in [4.78, 5) is 35.7. The number of hydrogen-bond donors (Lipinski definition) is 2. The van der Waals surface area contributed by atoms with Gasteiger partial charge in [0, 0.05) is 6.07 Å². The fraction of sp³-hybridized carbons (Fsp3) is 0.500. The maximum absolute atomic E-state index is 12.2. The second-order valence-corrected chi connectivity index (χ2v) is 5.40. The van der Waals surface area contributed by atoms with Crippen LogP contribution in [0.5, 0.6) is 5.88 Å². The molecule has 10 heteroatoms. The monoisotopic (exact) mass is 367 g/mol. The van der Waals surface area contributed by atoms with Crippen LogP contribution in [0.25, 0.3) is 0 Å². The van der Waals surface area contributed by atoms with Gasteiger partial charge in [0.1, 0.15) is 12.4 Å². The molecule has 0 saturated carbocycles. The molecule has 26 heavy (non-hydrogen) atoms. The van der Waals surface area contributed by atoms with E-state index in [2.05, 4.69) is 15.8 Å². The number of ether oxygens (including phenoxy) is 3. The Labute approximate surface area is 149 Å². The van der Waals surface area contributed by atoms with E-state index in [9.17, 15) is 14.4 Å². The molecule has 0 aliphatic carbocycles. The van der Waals surface area contributed by atoms with Crippen LogP contribution in [0.1, 0.15) is 26.0 Å². The number of rotatable bonds is 8. The van der Waals surface area contributed by atoms with Crippen molar-refractivity contribution >= 4 is 18.0 Å². The van der Waals surface area contributed by atoms with Crippen LogP contribution in [0.15, 0.2) is 21.9 Å². The van der Waals surface area contributed by atoms with Gasteiger partial charge in [-0.1, -0.05) is 6.92 Å². The molecule has 1 aliphatic heterocycles. The van der Waals surface area contributed by atoms with Crippen molar-refractivity contribution in [1.29, 1.82) is 0 Å². The first kappa shape index (κ1) is 19.3. The number of urea groups is 1. The minimum atomic E-state index is -0.692. The summed E-state index contributed by atoms with van der Waals surface area (Å²) in [5, 5.41) is 8.70. The van der Waals surface area contributed by atoms with Crippen molar-refractivity contribution in [3.8, 4) is 5.88 Å². The molecule has 1 aromatic heterocycles. The van der Waals surface area contributed by atoms with E-state index in [1.54, 1.807) is 13.8 Å². The molecule has 1 aliphatic rings. The van der Waals surface area contributed by atoms with Gasteiger partial charge in [-0.2, -0.15) is 0 Å². The molecule has 2 rings (SSSR count). The standard InChI is InChI=1S/C16H21N3O7/c1-4-10-14(15(21)23-5-2)11(18-16(22)17-10)7-25-13(20)8-24-12-6-9(3)26-19-12/h6,10H,4-5,7-8H2,1-3H3,(H2,17,18,22)/t10-/m0/s1. The van der Waals surface area contributed by atoms with Crippen LogP contribution in [-0.2, 0) is 19.1 Å². The number of hydrogen-bond acceptors (Lipinski definition) is 8. The van der Waals surface area contributed by atoms with Gasteiger partial charge in [0.25, 0.3) is 5.88 Å². The number of carbonyl (C=O) groups excluding carboxylic acids is 3. The van der Waals surface area contributed by atoms with E-state index in [1.165, 1.54) is 6.07 Å². The van der Waals surface area contributed by atoms with Crippen molar-refractivity contribution in [3.05, 3.63) is 23.1 Å². The molecule has 0 aromatic carbocycles. The highest BCUT2D eigenvalue weighted by molar-refractivity contribution is 5.94. The summed E-state index contributed by atoms with van der Waals surface area (Å²) in [6.45, 7) is 4.68. The van der Waals surface area contributed by atoms with Crippen molar-refractivity contribution < 1.29 is 33.1 Å². The molecule has 1 atom stereocenters. The van der Waals surface area contributed by atoms with E-state index < -0.39 is 30.6 Å². The molecule has 10 nitrogen and oxygen atoms in total. The summed E-state index contributed by atoms with van der Waals surface area (Å²) in [6, 6.07) is 0.518. The van der Waals surface area contributed by atoms with Gasteiger partial charge in [-0.25, -0.2) is 14.4 Å². The van der Waals surface area contributed by atoms with Crippen LogP contribution in [0.2, 0.25) is 0 Å². The molecule has 2 N–H and O–H groups in total. The van der Waals surface area contributed by atoms with E-state index in [-0.39, 0.29) is 30.4 Å². The summed E-state index contributed by atoms with van der Waals surface area (Å²) in [5.41, 5.74) is 0.416. The first-order valence-electron chi connectivity index (χ1n) is 8.14. The minimum Gasteiger partial charge on any atom is -0.463 e. The summed E-state index contributed by atoms with van der Waals surface area (Å²) in [5.74, 6) is -0.567. The number of esters is 2. The zero-order valence-electron chi connectivity index (χ0n) is 14.8. The van der Waals surface area contributed by atoms with E-state index >= 15 is 0 Å². The van der Waals surface area contributed by atoms with E-state index in [4.69, 9.17) is 18.7 Å². The molecule has 2 amide bonds. The van der Waals surface area contributed by atoms with Crippen LogP contribution in [0.3, 0.4) is 0 Å². The average molecular weight is 367 g/mol. The number of nitrogens with one attached hydrogen (secondary N) is 2. The number of nitrogens with zero attached hydrogens (tertiary/aromatic N) is 1. The normalized spacial score (nSPS) is 16.6. The van der Waals surface area contributed by atoms with Crippen molar-refractivity contribution in [2.75, 3.05) is 19.8 Å². The fourth-order valence-corrected chi connectivity index (χ4v) is 2.31. The van der Waals surface area contributed by atoms with Crippen molar-refractivity contribution in [2.45, 2.75) is 33.2 Å². The lowest BCUT2D eigenvalue weighted by Gasteiger charge is -2.28. The van der Waals surface area contributed by atoms with Crippen LogP contribution < -0.4 is 15.4 Å². The van der Waals surface area contributed by atoms with Gasteiger partial charge >= 0.3 is 18.0 Å². The Morgan fingerprint density at radius 2 is 2.08 bits per heavy atom. The first-order valence-corrected chi connectivity index (χ1v) is 8.14. The first-order chi connectivity index (χ1) is 12.4. The second kappa shape index (κ2) is 8.88. The Morgan fingerprint density at radius 3 is 2.69 bits per heavy atom. The lowest BCUT2D eigenvalue weighted by Crippen LogP contribution is -2.51. The molecule has 0 saturated heterocycles. The number of carbonyl (C=O) groups is 3. The van der Waals surface area contributed by atoms with Gasteiger partial charge in [0.2, 0.25) is 0 Å². The third-order valence-electron chi connectivity index (χ3n) is 3.47. The molecule has 142 valence electrons. The largest absolute Gasteiger partial charge is 0.463 e. The second-order valence-electron chi connectivity index (χ2n) is 5.40. The van der Waals surface area contributed by atoms with E-state index in [1.807, 2.05) is 6.92 Å². The molecule has 0 spiro atoms. The topological polar surface area (TPSA) is 129 Å². The lowest BCUT2D eigenvalue weighted by atomic mass is 10.0. The molecule has 0 unspecified atom stereocenters. The van der Waals surface area contributed by atoms with Crippen molar-refractivity contribution in [2.24, 2.45) is 0 Å². The predicted octanol–water partition coefficient (Wildman–Crippen LogP) is 0.814. The van der Waals surface area contributed by atoms with Gasteiger partial charge in [-0.3, -0.25) is 0 Å². The Morgan fingerprint density at radius 1 is 1.31 bits per heavy atom. The quantitative estimate of drug-likeness (QED) is 0.646. The average Bonchev–Trinajstić information content (AvgIpc) is 3.03. The Kier molecular flexibility index (Phi) is 6.59. The predicted molar refractivity (Wildman–Crippen MR) is 87.1 cm³/mol. The Hall–Kier alpha value is -3.04. The van der Waals surface area contributed by atoms with Crippen LogP contribution in [0, 0.1) is 6.92 Å². The Balaban J connectivity index is 2.01. The molecule has 0 radical (unpaired) electrons. The highest BCUT2D eigenvalue weighted by atomic mass is 16.6. The van der Waals surface area contributed by atoms with Gasteiger partial charge in [-0.05, 0) is 25.4 Å². The minimum absolute atomic E-state index is 0.159. The molecule has 0 bridgehead atoms. The number of amides is 2. The summed E-state index contributed by atoms with van der Waals surface area (Å²) < 4.78 is 20.0. The zero-order chi connectivity index (χ0) is 19.1. The van der Waals surface area contributed by atoms with Crippen LogP contribution in [0.4, 0.5) is 4.79 Å². The Bertz CT molecular complexity index is 710. The highest BCUT2D eigenvalue weighted by Gasteiger charge is 2.32. The highest BCUT2D eigenvalue weighted by Crippen LogP contribution is 2.17. The van der Waals surface area contributed by atoms with E-state index in [0.29, 0.717) is 12.2 Å². The SMILES string of the molecule is CCOC(=O)C1=C(COC(=O)COc2cc(C)on2)NC(=O)N[C@H]1CC. The molecule has 0 fully saturated rings. The van der Waals surface area contributed by atoms with Gasteiger partial charge in [0.05, 0.1) is 23.9 Å². The van der Waals surface area contributed by atoms with Gasteiger partial charge in [0.15, 0.2) is 6.61 Å². The van der Waals surface area contributed by atoms with Gasteiger partial charge < -0.3 is 29.4 Å². The lowest BCUT2D eigenvalue weighted by molar-refractivity contribution is -0.145. The molecular formula is C16H21N3O7. The van der Waals surface area contributed by atoms with Gasteiger partial charge in [-0.15, -0.1) is 0 Å². The molecule has 1 aromatic rings. The number of aryl methyl sites for hydroxylation is 1. The fourth-order valence-electron chi connectivity index (χ4n) is 2.31. The van der Waals surface area contributed by atoms with Crippen LogP contribution >= 0.6 is 0 Å². The molecular weight excluding hydrogens is 346 g/mol. The summed E-state index contributed by atoms with van der Waals surface area (Å²) in [6.07, 6.45) is 0.480. The smallest absolute Gasteiger partial charge is 0.344 e. The zero-order valence-corrected chi connectivity index (χ0v) is 14.8. The summed E-state index contributed by atoms with van der Waals surface area (Å²) >= 11 is 0. The third kappa shape index (κ3) is 4.98. The maximum atomic E-state index is 12.2. The van der Waals surface area contributed by atoms with E-state index in [0.717, 1.165) is 0 Å². The third-order valence-corrected chi connectivity index (χ3v) is 3.47. The van der Waals surface area contributed by atoms with Crippen molar-refractivity contribution in [1.82, 2.24) is 15.8 Å². The van der Waals surface area contributed by atoms with Crippen LogP contribution in [-0.4, -0.2) is 49.0 Å². The summed E-state index contributed by atoms with van der Waals surface area (Å²) in [7, 11) is 0. The molecule has 2 heterocycles.